The van der Waals surface area contributed by atoms with Gasteiger partial charge in [-0.2, -0.15) is 4.31 Å². The van der Waals surface area contributed by atoms with E-state index in [1.165, 1.54) is 10.6 Å². The fourth-order valence-corrected chi connectivity index (χ4v) is 2.99. The van der Waals surface area contributed by atoms with E-state index >= 15 is 0 Å². The van der Waals surface area contributed by atoms with Gasteiger partial charge in [0.05, 0.1) is 6.26 Å². The molecule has 0 aliphatic carbocycles. The number of carbonyl (C=O) groups excluding carboxylic acids is 1. The zero-order valence-corrected chi connectivity index (χ0v) is 8.96. The molecule has 0 aromatic heterocycles. The van der Waals surface area contributed by atoms with E-state index in [-0.39, 0.29) is 11.9 Å². The van der Waals surface area contributed by atoms with E-state index in [1.807, 2.05) is 4.90 Å². The molecule has 0 aromatic rings. The average Bonchev–Trinajstić information content (AvgIpc) is 2.46. The Bertz CT molecular complexity index is 352. The first-order chi connectivity index (χ1) is 6.48. The smallest absolute Gasteiger partial charge is 0.222 e. The van der Waals surface area contributed by atoms with Gasteiger partial charge in [0.25, 0.3) is 0 Å². The van der Waals surface area contributed by atoms with Gasteiger partial charge in [0.15, 0.2) is 0 Å². The quantitative estimate of drug-likeness (QED) is 0.582. The van der Waals surface area contributed by atoms with Crippen LogP contribution in [-0.4, -0.2) is 55.5 Å². The number of sulfonamides is 1. The molecule has 2 saturated heterocycles. The molecule has 0 saturated carbocycles. The van der Waals surface area contributed by atoms with Crippen LogP contribution >= 0.6 is 0 Å². The number of nitrogens with zero attached hydrogens (tertiary/aromatic N) is 2. The van der Waals surface area contributed by atoms with E-state index in [4.69, 9.17) is 0 Å². The Labute approximate surface area is 83.7 Å². The summed E-state index contributed by atoms with van der Waals surface area (Å²) in [5, 5.41) is 0. The normalized spacial score (nSPS) is 29.4. The minimum absolute atomic E-state index is 0.117. The second-order valence-electron chi connectivity index (χ2n) is 3.90. The van der Waals surface area contributed by atoms with E-state index in [2.05, 4.69) is 0 Å². The highest BCUT2D eigenvalue weighted by atomic mass is 32.2. The molecule has 2 heterocycles. The summed E-state index contributed by atoms with van der Waals surface area (Å²) < 4.78 is 24.0. The van der Waals surface area contributed by atoms with Crippen LogP contribution in [-0.2, 0) is 14.8 Å². The van der Waals surface area contributed by atoms with Crippen molar-refractivity contribution in [3.8, 4) is 0 Å². The fourth-order valence-electron chi connectivity index (χ4n) is 2.14. The highest BCUT2D eigenvalue weighted by Gasteiger charge is 2.37. The van der Waals surface area contributed by atoms with Gasteiger partial charge in [-0.05, 0) is 6.42 Å². The Kier molecular flexibility index (Phi) is 2.27. The van der Waals surface area contributed by atoms with Gasteiger partial charge in [-0.1, -0.05) is 0 Å². The summed E-state index contributed by atoms with van der Waals surface area (Å²) in [4.78, 5) is 13.1. The number of piperazine rings is 1. The van der Waals surface area contributed by atoms with Gasteiger partial charge in [-0.25, -0.2) is 8.42 Å². The monoisotopic (exact) mass is 218 g/mol. The molecule has 80 valence electrons. The van der Waals surface area contributed by atoms with Crippen LogP contribution in [0, 0.1) is 0 Å². The summed E-state index contributed by atoms with van der Waals surface area (Å²) in [5.41, 5.74) is 0. The maximum absolute atomic E-state index is 11.3. The predicted molar refractivity (Wildman–Crippen MR) is 51.2 cm³/mol. The van der Waals surface area contributed by atoms with Crippen molar-refractivity contribution in [1.82, 2.24) is 9.21 Å². The van der Waals surface area contributed by atoms with Gasteiger partial charge in [-0.3, -0.25) is 4.79 Å². The van der Waals surface area contributed by atoms with E-state index in [9.17, 15) is 13.2 Å². The van der Waals surface area contributed by atoms with E-state index in [1.54, 1.807) is 0 Å². The summed E-state index contributed by atoms with van der Waals surface area (Å²) in [5.74, 6) is 0.170. The fraction of sp³-hybridized carbons (Fsp3) is 0.875. The highest BCUT2D eigenvalue weighted by Crippen LogP contribution is 2.23. The standard InChI is InChI=1S/C8H14N2O3S/c1-14(12,13)9-4-5-10-7(6-9)2-3-8(10)11/h7H,2-6H2,1H3. The Morgan fingerprint density at radius 2 is 2.07 bits per heavy atom. The molecule has 5 nitrogen and oxygen atoms in total. The second-order valence-corrected chi connectivity index (χ2v) is 5.88. The maximum atomic E-state index is 11.3. The lowest BCUT2D eigenvalue weighted by Gasteiger charge is -2.36. The number of amides is 1. The zero-order valence-electron chi connectivity index (χ0n) is 8.14. The Morgan fingerprint density at radius 3 is 2.71 bits per heavy atom. The molecule has 1 unspecified atom stereocenters. The summed E-state index contributed by atoms with van der Waals surface area (Å²) in [6, 6.07) is 0.117. The van der Waals surface area contributed by atoms with E-state index in [0.717, 1.165) is 6.42 Å². The molecule has 0 aromatic carbocycles. The minimum Gasteiger partial charge on any atom is -0.337 e. The molecule has 2 aliphatic rings. The van der Waals surface area contributed by atoms with Crippen molar-refractivity contribution in [3.05, 3.63) is 0 Å². The molecule has 2 aliphatic heterocycles. The summed E-state index contributed by atoms with van der Waals surface area (Å²) in [6.07, 6.45) is 2.59. The summed E-state index contributed by atoms with van der Waals surface area (Å²) in [6.45, 7) is 1.47. The first-order valence-electron chi connectivity index (χ1n) is 4.73. The third-order valence-electron chi connectivity index (χ3n) is 2.93. The van der Waals surface area contributed by atoms with Crippen molar-refractivity contribution in [2.45, 2.75) is 18.9 Å². The van der Waals surface area contributed by atoms with Gasteiger partial charge in [0, 0.05) is 32.1 Å². The van der Waals surface area contributed by atoms with Crippen molar-refractivity contribution in [2.24, 2.45) is 0 Å². The van der Waals surface area contributed by atoms with Crippen LogP contribution in [0.4, 0.5) is 0 Å². The van der Waals surface area contributed by atoms with Gasteiger partial charge >= 0.3 is 0 Å². The van der Waals surface area contributed by atoms with Crippen LogP contribution in [0.2, 0.25) is 0 Å². The molecule has 2 rings (SSSR count). The molecule has 14 heavy (non-hydrogen) atoms. The Morgan fingerprint density at radius 1 is 1.36 bits per heavy atom. The SMILES string of the molecule is CS(=O)(=O)N1CCN2C(=O)CCC2C1. The van der Waals surface area contributed by atoms with Gasteiger partial charge < -0.3 is 4.90 Å². The van der Waals surface area contributed by atoms with Crippen molar-refractivity contribution in [3.63, 3.8) is 0 Å². The van der Waals surface area contributed by atoms with E-state index < -0.39 is 10.0 Å². The molecule has 6 heteroatoms. The number of hydrogen-bond acceptors (Lipinski definition) is 3. The predicted octanol–water partition coefficient (Wildman–Crippen LogP) is -0.747. The van der Waals surface area contributed by atoms with Crippen molar-refractivity contribution in [2.75, 3.05) is 25.9 Å². The van der Waals surface area contributed by atoms with Crippen LogP contribution < -0.4 is 0 Å². The maximum Gasteiger partial charge on any atom is 0.222 e. The van der Waals surface area contributed by atoms with Crippen LogP contribution in [0.25, 0.3) is 0 Å². The first kappa shape index (κ1) is 9.92. The molecule has 1 amide bonds. The molecule has 0 spiro atoms. The van der Waals surface area contributed by atoms with Gasteiger partial charge in [0.1, 0.15) is 0 Å². The summed E-state index contributed by atoms with van der Waals surface area (Å²) >= 11 is 0. The largest absolute Gasteiger partial charge is 0.337 e. The number of rotatable bonds is 1. The van der Waals surface area contributed by atoms with Crippen molar-refractivity contribution in [1.29, 1.82) is 0 Å². The lowest BCUT2D eigenvalue weighted by molar-refractivity contribution is -0.130. The molecule has 0 bridgehead atoms. The van der Waals surface area contributed by atoms with Crippen molar-refractivity contribution >= 4 is 15.9 Å². The molecule has 0 N–H and O–H groups in total. The third-order valence-corrected chi connectivity index (χ3v) is 4.20. The van der Waals surface area contributed by atoms with Gasteiger partial charge in [0.2, 0.25) is 15.9 Å². The molecular formula is C8H14N2O3S. The Balaban J connectivity index is 2.10. The van der Waals surface area contributed by atoms with Crippen LogP contribution in [0.3, 0.4) is 0 Å². The van der Waals surface area contributed by atoms with Crippen LogP contribution in [0.15, 0.2) is 0 Å². The lowest BCUT2D eigenvalue weighted by Crippen LogP contribution is -2.52. The zero-order chi connectivity index (χ0) is 10.3. The highest BCUT2D eigenvalue weighted by molar-refractivity contribution is 7.88. The van der Waals surface area contributed by atoms with Crippen LogP contribution in [0.5, 0.6) is 0 Å². The topological polar surface area (TPSA) is 57.7 Å². The molecule has 1 atom stereocenters. The Hall–Kier alpha value is -0.620. The second kappa shape index (κ2) is 3.20. The summed E-state index contributed by atoms with van der Waals surface area (Å²) in [7, 11) is -3.09. The number of carbonyl (C=O) groups is 1. The average molecular weight is 218 g/mol. The third kappa shape index (κ3) is 1.64. The number of fused-ring (bicyclic) bond motifs is 1. The molecule has 2 fully saturated rings. The molecular weight excluding hydrogens is 204 g/mol. The minimum atomic E-state index is -3.09. The van der Waals surface area contributed by atoms with Crippen LogP contribution in [0.1, 0.15) is 12.8 Å². The van der Waals surface area contributed by atoms with Crippen molar-refractivity contribution < 1.29 is 13.2 Å². The van der Waals surface area contributed by atoms with E-state index in [0.29, 0.717) is 26.1 Å². The molecule has 0 radical (unpaired) electrons. The number of hydrogen-bond donors (Lipinski definition) is 0. The lowest BCUT2D eigenvalue weighted by atomic mass is 10.2. The van der Waals surface area contributed by atoms with Gasteiger partial charge in [-0.15, -0.1) is 0 Å². The first-order valence-corrected chi connectivity index (χ1v) is 6.58.